The highest BCUT2D eigenvalue weighted by Gasteiger charge is 2.14. The van der Waals surface area contributed by atoms with Crippen molar-refractivity contribution in [3.05, 3.63) is 57.4 Å². The van der Waals surface area contributed by atoms with Gasteiger partial charge in [-0.1, -0.05) is 11.6 Å². The molecule has 0 radical (unpaired) electrons. The average Bonchev–Trinajstić information content (AvgIpc) is 2.39. The van der Waals surface area contributed by atoms with Crippen LogP contribution >= 0.6 is 11.6 Å². The predicted octanol–water partition coefficient (Wildman–Crippen LogP) is 5.40. The summed E-state index contributed by atoms with van der Waals surface area (Å²) in [5.74, 6) is 0.257. The van der Waals surface area contributed by atoms with Gasteiger partial charge in [-0.2, -0.15) is 0 Å². The normalized spacial score (nSPS) is 10.6. The van der Waals surface area contributed by atoms with Gasteiger partial charge in [0, 0.05) is 5.02 Å². The molecule has 2 aromatic carbocycles. The Balaban J connectivity index is 2.48. The van der Waals surface area contributed by atoms with E-state index >= 15 is 0 Å². The molecule has 0 spiro atoms. The molecule has 0 fully saturated rings. The standard InChI is InChI=1S/C17H16ClFO2/c1-9-7-16(14(12(4)20)8-15(9)19)21-13-5-10(2)17(18)11(3)6-13/h5-8H,1-4H3. The topological polar surface area (TPSA) is 26.3 Å². The van der Waals surface area contributed by atoms with E-state index in [-0.39, 0.29) is 11.3 Å². The minimum absolute atomic E-state index is 0.225. The summed E-state index contributed by atoms with van der Waals surface area (Å²) in [6.45, 7) is 6.77. The van der Waals surface area contributed by atoms with Gasteiger partial charge in [0.1, 0.15) is 17.3 Å². The van der Waals surface area contributed by atoms with Crippen molar-refractivity contribution in [2.45, 2.75) is 27.7 Å². The molecule has 0 heterocycles. The maximum atomic E-state index is 13.6. The maximum absolute atomic E-state index is 13.6. The molecule has 0 atom stereocenters. The quantitative estimate of drug-likeness (QED) is 0.710. The van der Waals surface area contributed by atoms with Gasteiger partial charge in [0.15, 0.2) is 5.78 Å². The average molecular weight is 307 g/mol. The molecule has 2 rings (SSSR count). The summed E-state index contributed by atoms with van der Waals surface area (Å²) in [5.41, 5.74) is 2.42. The van der Waals surface area contributed by atoms with Gasteiger partial charge in [-0.25, -0.2) is 4.39 Å². The first kappa shape index (κ1) is 15.5. The first-order valence-electron chi connectivity index (χ1n) is 6.55. The molecule has 2 aromatic rings. The zero-order valence-electron chi connectivity index (χ0n) is 12.4. The molecular weight excluding hydrogens is 291 g/mol. The molecule has 0 saturated heterocycles. The number of hydrogen-bond acceptors (Lipinski definition) is 2. The van der Waals surface area contributed by atoms with Crippen molar-refractivity contribution in [3.8, 4) is 11.5 Å². The van der Waals surface area contributed by atoms with E-state index in [2.05, 4.69) is 0 Å². The molecule has 110 valence electrons. The molecule has 0 aliphatic carbocycles. The van der Waals surface area contributed by atoms with Crippen molar-refractivity contribution < 1.29 is 13.9 Å². The molecule has 0 amide bonds. The summed E-state index contributed by atoms with van der Waals surface area (Å²) in [7, 11) is 0. The molecule has 0 aromatic heterocycles. The number of aryl methyl sites for hydroxylation is 3. The zero-order valence-corrected chi connectivity index (χ0v) is 13.1. The van der Waals surface area contributed by atoms with Gasteiger partial charge < -0.3 is 4.74 Å². The smallest absolute Gasteiger partial charge is 0.163 e. The van der Waals surface area contributed by atoms with E-state index < -0.39 is 5.82 Å². The van der Waals surface area contributed by atoms with E-state index in [0.29, 0.717) is 22.1 Å². The van der Waals surface area contributed by atoms with Crippen LogP contribution in [0.2, 0.25) is 5.02 Å². The van der Waals surface area contributed by atoms with Crippen LogP contribution in [0.25, 0.3) is 0 Å². The van der Waals surface area contributed by atoms with Gasteiger partial charge in [-0.05, 0) is 68.7 Å². The Labute approximate surface area is 128 Å². The summed E-state index contributed by atoms with van der Waals surface area (Å²) >= 11 is 6.12. The minimum atomic E-state index is -0.420. The van der Waals surface area contributed by atoms with Crippen LogP contribution in [0.15, 0.2) is 24.3 Å². The Kier molecular flexibility index (Phi) is 4.33. The van der Waals surface area contributed by atoms with Crippen LogP contribution < -0.4 is 4.74 Å². The number of rotatable bonds is 3. The van der Waals surface area contributed by atoms with Crippen molar-refractivity contribution in [2.75, 3.05) is 0 Å². The number of carbonyl (C=O) groups is 1. The van der Waals surface area contributed by atoms with Crippen LogP contribution in [-0.4, -0.2) is 5.78 Å². The van der Waals surface area contributed by atoms with Crippen LogP contribution in [0.5, 0.6) is 11.5 Å². The van der Waals surface area contributed by atoms with E-state index in [4.69, 9.17) is 16.3 Å². The van der Waals surface area contributed by atoms with E-state index in [0.717, 1.165) is 11.1 Å². The Hall–Kier alpha value is -1.87. The number of carbonyl (C=O) groups excluding carboxylic acids is 1. The van der Waals surface area contributed by atoms with Crippen LogP contribution in [0.3, 0.4) is 0 Å². The molecule has 4 heteroatoms. The molecule has 0 N–H and O–H groups in total. The fraction of sp³-hybridized carbons (Fsp3) is 0.235. The first-order chi connectivity index (χ1) is 9.79. The number of hydrogen-bond donors (Lipinski definition) is 0. The van der Waals surface area contributed by atoms with Crippen molar-refractivity contribution in [1.29, 1.82) is 0 Å². The third-order valence-electron chi connectivity index (χ3n) is 3.28. The third-order valence-corrected chi connectivity index (χ3v) is 3.87. The predicted molar refractivity (Wildman–Crippen MR) is 82.1 cm³/mol. The summed E-state index contributed by atoms with van der Waals surface area (Å²) in [6, 6.07) is 6.32. The lowest BCUT2D eigenvalue weighted by Gasteiger charge is -2.13. The molecule has 0 saturated carbocycles. The van der Waals surface area contributed by atoms with Crippen molar-refractivity contribution >= 4 is 17.4 Å². The van der Waals surface area contributed by atoms with Crippen molar-refractivity contribution in [3.63, 3.8) is 0 Å². The fourth-order valence-electron chi connectivity index (χ4n) is 2.11. The van der Waals surface area contributed by atoms with Crippen molar-refractivity contribution in [2.24, 2.45) is 0 Å². The highest BCUT2D eigenvalue weighted by Crippen LogP contribution is 2.32. The van der Waals surface area contributed by atoms with E-state index in [1.54, 1.807) is 19.1 Å². The second-order valence-corrected chi connectivity index (χ2v) is 5.50. The zero-order chi connectivity index (χ0) is 15.7. The van der Waals surface area contributed by atoms with Crippen LogP contribution in [-0.2, 0) is 0 Å². The Morgan fingerprint density at radius 1 is 1.05 bits per heavy atom. The Bertz CT molecular complexity index is 700. The first-order valence-corrected chi connectivity index (χ1v) is 6.93. The molecule has 0 aliphatic rings. The molecule has 0 unspecified atom stereocenters. The lowest BCUT2D eigenvalue weighted by atomic mass is 10.1. The summed E-state index contributed by atoms with van der Waals surface area (Å²) in [4.78, 5) is 11.6. The monoisotopic (exact) mass is 306 g/mol. The minimum Gasteiger partial charge on any atom is -0.457 e. The van der Waals surface area contributed by atoms with Crippen LogP contribution in [0, 0.1) is 26.6 Å². The number of halogens is 2. The number of Topliss-reactive ketones (excluding diaryl/α,β-unsaturated/α-hetero) is 1. The number of ketones is 1. The second kappa shape index (κ2) is 5.86. The van der Waals surface area contributed by atoms with Crippen LogP contribution in [0.4, 0.5) is 4.39 Å². The summed E-state index contributed by atoms with van der Waals surface area (Å²) in [6.07, 6.45) is 0. The fourth-order valence-corrected chi connectivity index (χ4v) is 2.22. The molecule has 0 aliphatic heterocycles. The van der Waals surface area contributed by atoms with Crippen molar-refractivity contribution in [1.82, 2.24) is 0 Å². The molecular formula is C17H16ClFO2. The molecule has 2 nitrogen and oxygen atoms in total. The highest BCUT2D eigenvalue weighted by atomic mass is 35.5. The Morgan fingerprint density at radius 2 is 1.62 bits per heavy atom. The second-order valence-electron chi connectivity index (χ2n) is 5.13. The largest absolute Gasteiger partial charge is 0.457 e. The van der Waals surface area contributed by atoms with Gasteiger partial charge in [0.25, 0.3) is 0 Å². The van der Waals surface area contributed by atoms with Gasteiger partial charge >= 0.3 is 0 Å². The van der Waals surface area contributed by atoms with E-state index in [1.165, 1.54) is 19.1 Å². The molecule has 21 heavy (non-hydrogen) atoms. The third kappa shape index (κ3) is 3.24. The summed E-state index contributed by atoms with van der Waals surface area (Å²) in [5, 5.41) is 0.685. The lowest BCUT2D eigenvalue weighted by molar-refractivity contribution is 0.101. The number of benzene rings is 2. The SMILES string of the molecule is CC(=O)c1cc(F)c(C)cc1Oc1cc(C)c(Cl)c(C)c1. The van der Waals surface area contributed by atoms with Gasteiger partial charge in [-0.3, -0.25) is 4.79 Å². The highest BCUT2D eigenvalue weighted by molar-refractivity contribution is 6.32. The Morgan fingerprint density at radius 3 is 2.14 bits per heavy atom. The van der Waals surface area contributed by atoms with Gasteiger partial charge in [-0.15, -0.1) is 0 Å². The van der Waals surface area contributed by atoms with Gasteiger partial charge in [0.2, 0.25) is 0 Å². The van der Waals surface area contributed by atoms with Gasteiger partial charge in [0.05, 0.1) is 5.56 Å². The number of ether oxygens (including phenoxy) is 1. The van der Waals surface area contributed by atoms with E-state index in [1.807, 2.05) is 13.8 Å². The van der Waals surface area contributed by atoms with Crippen LogP contribution in [0.1, 0.15) is 34.0 Å². The maximum Gasteiger partial charge on any atom is 0.163 e. The molecule has 0 bridgehead atoms. The van der Waals surface area contributed by atoms with E-state index in [9.17, 15) is 9.18 Å². The summed E-state index contributed by atoms with van der Waals surface area (Å²) < 4.78 is 19.4. The lowest BCUT2D eigenvalue weighted by Crippen LogP contribution is -2.00.